The third kappa shape index (κ3) is 4.37. The number of amides is 1. The normalized spacial score (nSPS) is 14.7. The number of carbonyl (C=O) groups excluding carboxylic acids is 1. The van der Waals surface area contributed by atoms with E-state index < -0.39 is 11.7 Å². The van der Waals surface area contributed by atoms with Crippen molar-refractivity contribution in [3.05, 3.63) is 47.0 Å². The highest BCUT2D eigenvalue weighted by Gasteiger charge is 2.30. The highest BCUT2D eigenvalue weighted by Crippen LogP contribution is 2.29. The summed E-state index contributed by atoms with van der Waals surface area (Å²) in [6.07, 6.45) is -0.358. The van der Waals surface area contributed by atoms with E-state index >= 15 is 0 Å². The van der Waals surface area contributed by atoms with Gasteiger partial charge in [0, 0.05) is 13.0 Å². The fourth-order valence-corrected chi connectivity index (χ4v) is 2.96. The van der Waals surface area contributed by atoms with Crippen LogP contribution in [0.3, 0.4) is 0 Å². The lowest BCUT2D eigenvalue weighted by atomic mass is 10.1. The van der Waals surface area contributed by atoms with Gasteiger partial charge in [0.25, 0.3) is 0 Å². The van der Waals surface area contributed by atoms with Crippen molar-refractivity contribution in [2.75, 3.05) is 0 Å². The van der Waals surface area contributed by atoms with E-state index in [0.717, 1.165) is 50.2 Å². The molecule has 1 N–H and O–H groups in total. The molecule has 1 aromatic carbocycles. The van der Waals surface area contributed by atoms with Gasteiger partial charge in [0.1, 0.15) is 5.82 Å². The molecule has 1 aliphatic heterocycles. The summed E-state index contributed by atoms with van der Waals surface area (Å²) in [7, 11) is 0. The first-order valence-electron chi connectivity index (χ1n) is 8.27. The van der Waals surface area contributed by atoms with Crippen molar-refractivity contribution in [3.63, 3.8) is 0 Å². The Morgan fingerprint density at radius 1 is 1.20 bits per heavy atom. The average Bonchev–Trinajstić information content (AvgIpc) is 2.79. The molecule has 0 unspecified atom stereocenters. The number of benzene rings is 1. The largest absolute Gasteiger partial charge is 0.416 e. The van der Waals surface area contributed by atoms with E-state index in [1.807, 2.05) is 4.57 Å². The Hall–Kier alpha value is -2.38. The molecule has 5 nitrogen and oxygen atoms in total. The van der Waals surface area contributed by atoms with Crippen LogP contribution in [0.2, 0.25) is 0 Å². The lowest BCUT2D eigenvalue weighted by Gasteiger charge is -2.10. The molecule has 1 amide bonds. The molecule has 0 aliphatic carbocycles. The number of nitrogens with one attached hydrogen (secondary N) is 1. The van der Waals surface area contributed by atoms with E-state index in [9.17, 15) is 18.0 Å². The Kier molecular flexibility index (Phi) is 5.06. The first-order chi connectivity index (χ1) is 11.9. The third-order valence-corrected chi connectivity index (χ3v) is 4.25. The number of halogens is 3. The number of hydrogen-bond donors (Lipinski definition) is 1. The van der Waals surface area contributed by atoms with E-state index in [-0.39, 0.29) is 18.9 Å². The van der Waals surface area contributed by atoms with E-state index in [2.05, 4.69) is 15.5 Å². The van der Waals surface area contributed by atoms with E-state index in [1.165, 1.54) is 12.1 Å². The Morgan fingerprint density at radius 3 is 2.84 bits per heavy atom. The zero-order valence-corrected chi connectivity index (χ0v) is 13.6. The van der Waals surface area contributed by atoms with Crippen molar-refractivity contribution >= 4 is 5.91 Å². The summed E-state index contributed by atoms with van der Waals surface area (Å²) in [6.45, 7) is 1.06. The van der Waals surface area contributed by atoms with Gasteiger partial charge in [-0.15, -0.1) is 10.2 Å². The standard InChI is InChI=1S/C17H19F3N4O/c18-17(19,20)13-6-4-5-12(9-13)10-16(25)21-11-15-23-22-14-7-2-1-3-8-24(14)15/h4-6,9H,1-3,7-8,10-11H2,(H,21,25). The molecular weight excluding hydrogens is 333 g/mol. The second kappa shape index (κ2) is 7.25. The van der Waals surface area contributed by atoms with Crippen LogP contribution in [0.15, 0.2) is 24.3 Å². The monoisotopic (exact) mass is 352 g/mol. The van der Waals surface area contributed by atoms with E-state index in [4.69, 9.17) is 0 Å². The molecule has 134 valence electrons. The first-order valence-corrected chi connectivity index (χ1v) is 8.27. The average molecular weight is 352 g/mol. The van der Waals surface area contributed by atoms with Crippen LogP contribution in [0.5, 0.6) is 0 Å². The van der Waals surface area contributed by atoms with Crippen LogP contribution in [-0.4, -0.2) is 20.7 Å². The molecule has 1 aliphatic rings. The minimum Gasteiger partial charge on any atom is -0.349 e. The summed E-state index contributed by atoms with van der Waals surface area (Å²) in [5.41, 5.74) is -0.423. The number of aryl methyl sites for hydroxylation is 1. The van der Waals surface area contributed by atoms with Gasteiger partial charge < -0.3 is 9.88 Å². The lowest BCUT2D eigenvalue weighted by Crippen LogP contribution is -2.26. The number of hydrogen-bond acceptors (Lipinski definition) is 3. The molecule has 1 aromatic heterocycles. The first kappa shape index (κ1) is 17.4. The number of carbonyl (C=O) groups is 1. The Bertz CT molecular complexity index is 755. The van der Waals surface area contributed by atoms with Gasteiger partial charge in [-0.2, -0.15) is 13.2 Å². The summed E-state index contributed by atoms with van der Waals surface area (Å²) in [5.74, 6) is 1.28. The molecule has 0 atom stereocenters. The van der Waals surface area contributed by atoms with Crippen molar-refractivity contribution in [1.82, 2.24) is 20.1 Å². The van der Waals surface area contributed by atoms with E-state index in [0.29, 0.717) is 11.4 Å². The Morgan fingerprint density at radius 2 is 2.04 bits per heavy atom. The molecule has 0 spiro atoms. The summed E-state index contributed by atoms with van der Waals surface area (Å²) >= 11 is 0. The zero-order valence-electron chi connectivity index (χ0n) is 13.6. The fourth-order valence-electron chi connectivity index (χ4n) is 2.96. The predicted octanol–water partition coefficient (Wildman–Crippen LogP) is 2.88. The maximum atomic E-state index is 12.7. The Balaban J connectivity index is 1.60. The summed E-state index contributed by atoms with van der Waals surface area (Å²) in [6, 6.07) is 4.82. The highest BCUT2D eigenvalue weighted by atomic mass is 19.4. The van der Waals surface area contributed by atoms with Gasteiger partial charge >= 0.3 is 6.18 Å². The zero-order chi connectivity index (χ0) is 17.9. The van der Waals surface area contributed by atoms with Crippen molar-refractivity contribution in [3.8, 4) is 0 Å². The minimum absolute atomic E-state index is 0.106. The molecule has 25 heavy (non-hydrogen) atoms. The lowest BCUT2D eigenvalue weighted by molar-refractivity contribution is -0.137. The van der Waals surface area contributed by atoms with Gasteiger partial charge in [0.05, 0.1) is 18.5 Å². The van der Waals surface area contributed by atoms with Crippen LogP contribution >= 0.6 is 0 Å². The second-order valence-electron chi connectivity index (χ2n) is 6.15. The number of alkyl halides is 3. The Labute approximate surface area is 143 Å². The van der Waals surface area contributed by atoms with Gasteiger partial charge in [-0.25, -0.2) is 0 Å². The molecule has 0 radical (unpaired) electrons. The smallest absolute Gasteiger partial charge is 0.349 e. The maximum Gasteiger partial charge on any atom is 0.416 e. The summed E-state index contributed by atoms with van der Waals surface area (Å²) in [5, 5.41) is 11.0. The molecule has 0 saturated carbocycles. The number of nitrogens with zero attached hydrogens (tertiary/aromatic N) is 3. The molecule has 3 rings (SSSR count). The summed E-state index contributed by atoms with van der Waals surface area (Å²) < 4.78 is 40.2. The van der Waals surface area contributed by atoms with Crippen LogP contribution in [0.1, 0.15) is 42.0 Å². The van der Waals surface area contributed by atoms with Crippen LogP contribution in [0.25, 0.3) is 0 Å². The maximum absolute atomic E-state index is 12.7. The van der Waals surface area contributed by atoms with Crippen LogP contribution in [-0.2, 0) is 36.9 Å². The van der Waals surface area contributed by atoms with Gasteiger partial charge in [-0.05, 0) is 24.5 Å². The van der Waals surface area contributed by atoms with Gasteiger partial charge in [-0.1, -0.05) is 24.6 Å². The van der Waals surface area contributed by atoms with Crippen molar-refractivity contribution in [1.29, 1.82) is 0 Å². The number of fused-ring (bicyclic) bond motifs is 1. The van der Waals surface area contributed by atoms with Crippen LogP contribution in [0.4, 0.5) is 13.2 Å². The fraction of sp³-hybridized carbons (Fsp3) is 0.471. The van der Waals surface area contributed by atoms with Gasteiger partial charge in [-0.3, -0.25) is 4.79 Å². The molecule has 2 heterocycles. The molecular formula is C17H19F3N4O. The molecule has 2 aromatic rings. The highest BCUT2D eigenvalue weighted by molar-refractivity contribution is 5.78. The minimum atomic E-state index is -4.41. The van der Waals surface area contributed by atoms with E-state index in [1.54, 1.807) is 0 Å². The molecule has 8 heteroatoms. The van der Waals surface area contributed by atoms with Gasteiger partial charge in [0.2, 0.25) is 5.91 Å². The second-order valence-corrected chi connectivity index (χ2v) is 6.15. The predicted molar refractivity (Wildman–Crippen MR) is 84.6 cm³/mol. The van der Waals surface area contributed by atoms with Crippen LogP contribution in [0, 0.1) is 0 Å². The SMILES string of the molecule is O=C(Cc1cccc(C(F)(F)F)c1)NCc1nnc2n1CCCCC2. The quantitative estimate of drug-likeness (QED) is 0.920. The molecule has 0 fully saturated rings. The van der Waals surface area contributed by atoms with Gasteiger partial charge in [0.15, 0.2) is 5.82 Å². The van der Waals surface area contributed by atoms with Crippen molar-refractivity contribution < 1.29 is 18.0 Å². The summed E-state index contributed by atoms with van der Waals surface area (Å²) in [4.78, 5) is 12.1. The number of aromatic nitrogens is 3. The number of rotatable bonds is 4. The van der Waals surface area contributed by atoms with Crippen molar-refractivity contribution in [2.24, 2.45) is 0 Å². The third-order valence-electron chi connectivity index (χ3n) is 4.25. The molecule has 0 bridgehead atoms. The molecule has 0 saturated heterocycles. The topological polar surface area (TPSA) is 59.8 Å². The van der Waals surface area contributed by atoms with Crippen LogP contribution < -0.4 is 5.32 Å². The van der Waals surface area contributed by atoms with Crippen molar-refractivity contribution in [2.45, 2.75) is 51.4 Å².